The molecule has 0 saturated carbocycles. The van der Waals surface area contributed by atoms with Gasteiger partial charge in [-0.1, -0.05) is 0 Å². The van der Waals surface area contributed by atoms with Crippen LogP contribution >= 0.6 is 0 Å². The van der Waals surface area contributed by atoms with Crippen molar-refractivity contribution in [3.8, 4) is 0 Å². The van der Waals surface area contributed by atoms with Gasteiger partial charge in [-0.15, -0.1) is 0 Å². The van der Waals surface area contributed by atoms with Crippen molar-refractivity contribution in [2.24, 2.45) is 5.92 Å². The fraction of sp³-hybridized carbons (Fsp3) is 0.909. The molecular formula is C11H20N2O2. The third-order valence-corrected chi connectivity index (χ3v) is 3.39. The van der Waals surface area contributed by atoms with Gasteiger partial charge in [-0.3, -0.25) is 4.79 Å². The highest BCUT2D eigenvalue weighted by Gasteiger charge is 2.27. The number of likely N-dealkylation sites (N-methyl/N-ethyl adjacent to an activating group) is 1. The predicted molar refractivity (Wildman–Crippen MR) is 57.6 cm³/mol. The monoisotopic (exact) mass is 212 g/mol. The maximum atomic E-state index is 12.1. The van der Waals surface area contributed by atoms with E-state index in [0.717, 1.165) is 52.2 Å². The molecule has 0 aromatic carbocycles. The maximum Gasteiger partial charge on any atom is 0.225 e. The Morgan fingerprint density at radius 1 is 1.13 bits per heavy atom. The molecule has 0 bridgehead atoms. The van der Waals surface area contributed by atoms with Crippen LogP contribution in [0.3, 0.4) is 0 Å². The van der Waals surface area contributed by atoms with Crippen molar-refractivity contribution in [3.63, 3.8) is 0 Å². The number of carbonyl (C=O) groups is 1. The first kappa shape index (κ1) is 10.9. The van der Waals surface area contributed by atoms with Crippen molar-refractivity contribution in [1.82, 2.24) is 9.80 Å². The Kier molecular flexibility index (Phi) is 3.59. The van der Waals surface area contributed by atoms with Gasteiger partial charge in [0, 0.05) is 45.3 Å². The zero-order chi connectivity index (χ0) is 10.7. The number of nitrogens with zero attached hydrogens (tertiary/aromatic N) is 2. The Bertz CT molecular complexity index is 219. The predicted octanol–water partition coefficient (Wildman–Crippen LogP) is 0.187. The van der Waals surface area contributed by atoms with E-state index in [-0.39, 0.29) is 5.92 Å². The van der Waals surface area contributed by atoms with Crippen LogP contribution < -0.4 is 0 Å². The summed E-state index contributed by atoms with van der Waals surface area (Å²) in [5, 5.41) is 0. The lowest BCUT2D eigenvalue weighted by Crippen LogP contribution is -2.49. The quantitative estimate of drug-likeness (QED) is 0.622. The molecule has 15 heavy (non-hydrogen) atoms. The van der Waals surface area contributed by atoms with Crippen LogP contribution in [0, 0.1) is 5.92 Å². The van der Waals surface area contributed by atoms with E-state index in [1.807, 2.05) is 4.90 Å². The SMILES string of the molecule is CN1CCN(C(=O)C2CCOCC2)CC1. The second-order valence-electron chi connectivity index (χ2n) is 4.52. The van der Waals surface area contributed by atoms with Crippen LogP contribution in [0.2, 0.25) is 0 Å². The molecule has 86 valence electrons. The molecule has 0 aromatic heterocycles. The molecule has 2 saturated heterocycles. The molecular weight excluding hydrogens is 192 g/mol. The van der Waals surface area contributed by atoms with E-state index >= 15 is 0 Å². The summed E-state index contributed by atoms with van der Waals surface area (Å²) < 4.78 is 5.28. The van der Waals surface area contributed by atoms with Crippen molar-refractivity contribution in [1.29, 1.82) is 0 Å². The topological polar surface area (TPSA) is 32.8 Å². The van der Waals surface area contributed by atoms with E-state index in [9.17, 15) is 4.79 Å². The van der Waals surface area contributed by atoms with Crippen LogP contribution in [-0.4, -0.2) is 62.1 Å². The van der Waals surface area contributed by atoms with Crippen molar-refractivity contribution >= 4 is 5.91 Å². The highest BCUT2D eigenvalue weighted by Crippen LogP contribution is 2.18. The normalized spacial score (nSPS) is 25.5. The Morgan fingerprint density at radius 2 is 1.73 bits per heavy atom. The van der Waals surface area contributed by atoms with E-state index in [4.69, 9.17) is 4.74 Å². The molecule has 0 atom stereocenters. The minimum absolute atomic E-state index is 0.224. The summed E-state index contributed by atoms with van der Waals surface area (Å²) in [7, 11) is 2.11. The molecule has 0 aromatic rings. The number of hydrogen-bond acceptors (Lipinski definition) is 3. The molecule has 1 amide bonds. The van der Waals surface area contributed by atoms with Crippen molar-refractivity contribution < 1.29 is 9.53 Å². The largest absolute Gasteiger partial charge is 0.381 e. The average molecular weight is 212 g/mol. The van der Waals surface area contributed by atoms with Crippen molar-refractivity contribution in [3.05, 3.63) is 0 Å². The van der Waals surface area contributed by atoms with Gasteiger partial charge in [0.15, 0.2) is 0 Å². The summed E-state index contributed by atoms with van der Waals surface area (Å²) in [5.74, 6) is 0.577. The molecule has 4 heteroatoms. The van der Waals surface area contributed by atoms with E-state index in [0.29, 0.717) is 5.91 Å². The molecule has 2 heterocycles. The number of amides is 1. The molecule has 2 aliphatic rings. The van der Waals surface area contributed by atoms with Crippen LogP contribution in [0.1, 0.15) is 12.8 Å². The van der Waals surface area contributed by atoms with Crippen molar-refractivity contribution in [2.75, 3.05) is 46.4 Å². The number of carbonyl (C=O) groups excluding carboxylic acids is 1. The molecule has 0 aliphatic carbocycles. The van der Waals surface area contributed by atoms with Gasteiger partial charge in [-0.2, -0.15) is 0 Å². The number of ether oxygens (including phenoxy) is 1. The van der Waals surface area contributed by atoms with Gasteiger partial charge in [0.2, 0.25) is 5.91 Å². The second kappa shape index (κ2) is 4.94. The zero-order valence-corrected chi connectivity index (χ0v) is 9.45. The highest BCUT2D eigenvalue weighted by atomic mass is 16.5. The fourth-order valence-corrected chi connectivity index (χ4v) is 2.23. The number of rotatable bonds is 1. The van der Waals surface area contributed by atoms with Crippen molar-refractivity contribution in [2.45, 2.75) is 12.8 Å². The molecule has 0 spiro atoms. The van der Waals surface area contributed by atoms with Gasteiger partial charge >= 0.3 is 0 Å². The van der Waals surface area contributed by atoms with Gasteiger partial charge < -0.3 is 14.5 Å². The molecule has 2 aliphatic heterocycles. The van der Waals surface area contributed by atoms with Gasteiger partial charge in [0.25, 0.3) is 0 Å². The lowest BCUT2D eigenvalue weighted by molar-refractivity contribution is -0.140. The number of hydrogen-bond donors (Lipinski definition) is 0. The second-order valence-corrected chi connectivity index (χ2v) is 4.52. The van der Waals surface area contributed by atoms with E-state index in [2.05, 4.69) is 11.9 Å². The van der Waals surface area contributed by atoms with Crippen LogP contribution in [0.4, 0.5) is 0 Å². The Balaban J connectivity index is 1.84. The van der Waals surface area contributed by atoms with Gasteiger partial charge in [-0.25, -0.2) is 0 Å². The smallest absolute Gasteiger partial charge is 0.225 e. The van der Waals surface area contributed by atoms with Gasteiger partial charge in [-0.05, 0) is 19.9 Å². The summed E-state index contributed by atoms with van der Waals surface area (Å²) in [4.78, 5) is 16.4. The zero-order valence-electron chi connectivity index (χ0n) is 9.45. The van der Waals surface area contributed by atoms with Crippen LogP contribution in [0.5, 0.6) is 0 Å². The summed E-state index contributed by atoms with van der Waals surface area (Å²) in [6.45, 7) is 5.32. The molecule has 2 rings (SSSR count). The minimum Gasteiger partial charge on any atom is -0.381 e. The first-order chi connectivity index (χ1) is 7.27. The average Bonchev–Trinajstić information content (AvgIpc) is 2.30. The molecule has 2 fully saturated rings. The summed E-state index contributed by atoms with van der Waals surface area (Å²) in [6, 6.07) is 0. The fourth-order valence-electron chi connectivity index (χ4n) is 2.23. The maximum absolute atomic E-state index is 12.1. The standard InChI is InChI=1S/C11H20N2O2/c1-12-4-6-13(7-5-12)11(14)10-2-8-15-9-3-10/h10H,2-9H2,1H3. The molecule has 0 N–H and O–H groups in total. The lowest BCUT2D eigenvalue weighted by atomic mass is 9.98. The highest BCUT2D eigenvalue weighted by molar-refractivity contribution is 5.79. The molecule has 0 unspecified atom stereocenters. The molecule has 0 radical (unpaired) electrons. The Hall–Kier alpha value is -0.610. The Labute approximate surface area is 91.2 Å². The minimum atomic E-state index is 0.224. The summed E-state index contributed by atoms with van der Waals surface area (Å²) >= 11 is 0. The number of piperazine rings is 1. The van der Waals surface area contributed by atoms with E-state index in [1.165, 1.54) is 0 Å². The first-order valence-corrected chi connectivity index (χ1v) is 5.82. The van der Waals surface area contributed by atoms with E-state index < -0.39 is 0 Å². The van der Waals surface area contributed by atoms with Crippen LogP contribution in [0.15, 0.2) is 0 Å². The third-order valence-electron chi connectivity index (χ3n) is 3.39. The molecule has 4 nitrogen and oxygen atoms in total. The van der Waals surface area contributed by atoms with Gasteiger partial charge in [0.1, 0.15) is 0 Å². The van der Waals surface area contributed by atoms with E-state index in [1.54, 1.807) is 0 Å². The van der Waals surface area contributed by atoms with Crippen LogP contribution in [0.25, 0.3) is 0 Å². The first-order valence-electron chi connectivity index (χ1n) is 5.82. The summed E-state index contributed by atoms with van der Waals surface area (Å²) in [6.07, 6.45) is 1.82. The van der Waals surface area contributed by atoms with Crippen LogP contribution in [-0.2, 0) is 9.53 Å². The Morgan fingerprint density at radius 3 is 2.33 bits per heavy atom. The summed E-state index contributed by atoms with van der Waals surface area (Å²) in [5.41, 5.74) is 0. The van der Waals surface area contributed by atoms with Gasteiger partial charge in [0.05, 0.1) is 0 Å². The lowest BCUT2D eigenvalue weighted by Gasteiger charge is -2.35. The third kappa shape index (κ3) is 2.69.